The fourth-order valence-corrected chi connectivity index (χ4v) is 3.32. The Bertz CT molecular complexity index is 748. The molecule has 1 aromatic carbocycles. The van der Waals surface area contributed by atoms with Gasteiger partial charge in [0.2, 0.25) is 0 Å². The molecule has 2 aromatic heterocycles. The molecule has 20 heavy (non-hydrogen) atoms. The Labute approximate surface area is 122 Å². The van der Waals surface area contributed by atoms with Crippen LogP contribution in [0.5, 0.6) is 0 Å². The molecule has 3 nitrogen and oxygen atoms in total. The van der Waals surface area contributed by atoms with E-state index in [2.05, 4.69) is 53.9 Å². The zero-order valence-electron chi connectivity index (χ0n) is 11.6. The largest absolute Gasteiger partial charge is 0.271 e. The lowest BCUT2D eigenvalue weighted by Gasteiger charge is -2.19. The van der Waals surface area contributed by atoms with E-state index in [1.165, 1.54) is 21.4 Å². The Hall–Kier alpha value is -1.75. The first-order valence-electron chi connectivity index (χ1n) is 6.55. The van der Waals surface area contributed by atoms with E-state index >= 15 is 0 Å². The second-order valence-corrected chi connectivity index (χ2v) is 5.98. The quantitative estimate of drug-likeness (QED) is 0.571. The minimum Gasteiger partial charge on any atom is -0.271 e. The number of fused-ring (bicyclic) bond motifs is 1. The van der Waals surface area contributed by atoms with Crippen molar-refractivity contribution in [3.63, 3.8) is 0 Å². The van der Waals surface area contributed by atoms with Gasteiger partial charge in [0.1, 0.15) is 0 Å². The molecule has 1 unspecified atom stereocenters. The number of nitrogens with one attached hydrogen (secondary N) is 1. The van der Waals surface area contributed by atoms with Crippen LogP contribution in [-0.4, -0.2) is 4.98 Å². The zero-order chi connectivity index (χ0) is 14.1. The highest BCUT2D eigenvalue weighted by Gasteiger charge is 2.15. The van der Waals surface area contributed by atoms with Crippen molar-refractivity contribution in [2.45, 2.75) is 19.9 Å². The third-order valence-electron chi connectivity index (χ3n) is 3.56. The van der Waals surface area contributed by atoms with Gasteiger partial charge in [-0.3, -0.25) is 10.8 Å². The summed E-state index contributed by atoms with van der Waals surface area (Å²) >= 11 is 1.70. The van der Waals surface area contributed by atoms with E-state index < -0.39 is 0 Å². The van der Waals surface area contributed by atoms with Crippen LogP contribution in [0.25, 0.3) is 10.2 Å². The molecule has 0 aliphatic rings. The van der Waals surface area contributed by atoms with Crippen molar-refractivity contribution in [2.24, 2.45) is 5.84 Å². The van der Waals surface area contributed by atoms with Crippen LogP contribution in [0.1, 0.15) is 28.3 Å². The van der Waals surface area contributed by atoms with Gasteiger partial charge in [0.25, 0.3) is 0 Å². The SMILES string of the molecule is Cc1ccc(C(NN)c2cnc3ccsc3c2)c(C)c1. The average molecular weight is 283 g/mol. The van der Waals surface area contributed by atoms with Crippen LogP contribution in [0.4, 0.5) is 0 Å². The molecule has 2 heterocycles. The molecule has 3 N–H and O–H groups in total. The topological polar surface area (TPSA) is 50.9 Å². The van der Waals surface area contributed by atoms with Crippen molar-refractivity contribution in [1.82, 2.24) is 10.4 Å². The average Bonchev–Trinajstić information content (AvgIpc) is 2.89. The Morgan fingerprint density at radius 2 is 2.05 bits per heavy atom. The van der Waals surface area contributed by atoms with Gasteiger partial charge in [-0.2, -0.15) is 0 Å². The van der Waals surface area contributed by atoms with E-state index in [0.29, 0.717) is 0 Å². The predicted molar refractivity (Wildman–Crippen MR) is 84.7 cm³/mol. The summed E-state index contributed by atoms with van der Waals surface area (Å²) in [6, 6.07) is 10.6. The second kappa shape index (κ2) is 5.32. The standard InChI is InChI=1S/C16H17N3S/c1-10-3-4-13(11(2)7-10)16(19-17)12-8-15-14(18-9-12)5-6-20-15/h3-9,16,19H,17H2,1-2H3. The molecule has 0 fully saturated rings. The number of hydrazine groups is 1. The highest BCUT2D eigenvalue weighted by molar-refractivity contribution is 7.17. The maximum atomic E-state index is 5.79. The van der Waals surface area contributed by atoms with Crippen LogP contribution in [0.3, 0.4) is 0 Å². The number of hydrogen-bond acceptors (Lipinski definition) is 4. The fraction of sp³-hybridized carbons (Fsp3) is 0.188. The molecule has 0 spiro atoms. The van der Waals surface area contributed by atoms with E-state index in [4.69, 9.17) is 5.84 Å². The summed E-state index contributed by atoms with van der Waals surface area (Å²) in [6.45, 7) is 4.21. The maximum Gasteiger partial charge on any atom is 0.0809 e. The van der Waals surface area contributed by atoms with Gasteiger partial charge in [0.15, 0.2) is 0 Å². The van der Waals surface area contributed by atoms with E-state index in [1.807, 2.05) is 12.3 Å². The van der Waals surface area contributed by atoms with Crippen LogP contribution in [-0.2, 0) is 0 Å². The molecule has 0 saturated heterocycles. The van der Waals surface area contributed by atoms with E-state index in [0.717, 1.165) is 11.1 Å². The Morgan fingerprint density at radius 1 is 1.20 bits per heavy atom. The molecule has 102 valence electrons. The van der Waals surface area contributed by atoms with Crippen molar-refractivity contribution < 1.29 is 0 Å². The van der Waals surface area contributed by atoms with Crippen molar-refractivity contribution >= 4 is 21.6 Å². The summed E-state index contributed by atoms with van der Waals surface area (Å²) in [5.41, 5.74) is 8.73. The number of aryl methyl sites for hydroxylation is 2. The van der Waals surface area contributed by atoms with Crippen molar-refractivity contribution in [3.05, 3.63) is 64.2 Å². The van der Waals surface area contributed by atoms with E-state index in [-0.39, 0.29) is 6.04 Å². The van der Waals surface area contributed by atoms with Gasteiger partial charge in [-0.05, 0) is 48.1 Å². The van der Waals surface area contributed by atoms with Crippen molar-refractivity contribution in [3.8, 4) is 0 Å². The first kappa shape index (κ1) is 13.2. The van der Waals surface area contributed by atoms with Gasteiger partial charge >= 0.3 is 0 Å². The molecule has 3 aromatic rings. The summed E-state index contributed by atoms with van der Waals surface area (Å²) in [7, 11) is 0. The van der Waals surface area contributed by atoms with Crippen molar-refractivity contribution in [1.29, 1.82) is 0 Å². The molecule has 0 saturated carbocycles. The highest BCUT2D eigenvalue weighted by Crippen LogP contribution is 2.28. The minimum atomic E-state index is -0.0328. The minimum absolute atomic E-state index is 0.0328. The lowest BCUT2D eigenvalue weighted by atomic mass is 9.95. The van der Waals surface area contributed by atoms with Crippen LogP contribution in [0.2, 0.25) is 0 Å². The monoisotopic (exact) mass is 283 g/mol. The first-order chi connectivity index (χ1) is 9.69. The number of nitrogens with two attached hydrogens (primary N) is 1. The molecule has 0 amide bonds. The first-order valence-corrected chi connectivity index (χ1v) is 7.43. The Balaban J connectivity index is 2.08. The summed E-state index contributed by atoms with van der Waals surface area (Å²) < 4.78 is 1.19. The Morgan fingerprint density at radius 3 is 2.80 bits per heavy atom. The van der Waals surface area contributed by atoms with Crippen LogP contribution in [0.15, 0.2) is 41.9 Å². The maximum absolute atomic E-state index is 5.79. The zero-order valence-corrected chi connectivity index (χ0v) is 12.4. The van der Waals surface area contributed by atoms with Gasteiger partial charge in [-0.15, -0.1) is 11.3 Å². The van der Waals surface area contributed by atoms with E-state index in [1.54, 1.807) is 11.3 Å². The number of thiophene rings is 1. The number of benzene rings is 1. The fourth-order valence-electron chi connectivity index (χ4n) is 2.53. The number of hydrogen-bond donors (Lipinski definition) is 2. The molecule has 0 aliphatic carbocycles. The van der Waals surface area contributed by atoms with Gasteiger partial charge in [-0.25, -0.2) is 5.43 Å². The summed E-state index contributed by atoms with van der Waals surface area (Å²) in [5.74, 6) is 5.79. The lowest BCUT2D eigenvalue weighted by molar-refractivity contribution is 0.632. The molecule has 0 aliphatic heterocycles. The van der Waals surface area contributed by atoms with Crippen LogP contribution >= 0.6 is 11.3 Å². The van der Waals surface area contributed by atoms with Gasteiger partial charge in [-0.1, -0.05) is 23.8 Å². The number of nitrogens with zero attached hydrogens (tertiary/aromatic N) is 1. The molecule has 1 atom stereocenters. The summed E-state index contributed by atoms with van der Waals surface area (Å²) in [4.78, 5) is 4.50. The normalized spacial score (nSPS) is 12.8. The molecule has 0 radical (unpaired) electrons. The highest BCUT2D eigenvalue weighted by atomic mass is 32.1. The van der Waals surface area contributed by atoms with Gasteiger partial charge in [0, 0.05) is 6.20 Å². The molecule has 0 bridgehead atoms. The number of rotatable bonds is 3. The van der Waals surface area contributed by atoms with Crippen molar-refractivity contribution in [2.75, 3.05) is 0 Å². The number of pyridine rings is 1. The third-order valence-corrected chi connectivity index (χ3v) is 4.41. The van der Waals surface area contributed by atoms with Crippen LogP contribution in [0, 0.1) is 13.8 Å². The van der Waals surface area contributed by atoms with Gasteiger partial charge in [0.05, 0.1) is 16.3 Å². The molecular formula is C16H17N3S. The predicted octanol–water partition coefficient (Wildman–Crippen LogP) is 3.47. The third kappa shape index (κ3) is 2.33. The smallest absolute Gasteiger partial charge is 0.0809 e. The Kier molecular flexibility index (Phi) is 3.53. The summed E-state index contributed by atoms with van der Waals surface area (Å²) in [6.07, 6.45) is 1.90. The summed E-state index contributed by atoms with van der Waals surface area (Å²) in [5, 5.41) is 2.06. The lowest BCUT2D eigenvalue weighted by Crippen LogP contribution is -2.29. The number of aromatic nitrogens is 1. The molecule has 3 rings (SSSR count). The molecule has 4 heteroatoms. The molecular weight excluding hydrogens is 266 g/mol. The van der Waals surface area contributed by atoms with Gasteiger partial charge < -0.3 is 0 Å². The van der Waals surface area contributed by atoms with Crippen LogP contribution < -0.4 is 11.3 Å². The second-order valence-electron chi connectivity index (χ2n) is 5.03. The van der Waals surface area contributed by atoms with E-state index in [9.17, 15) is 0 Å².